The van der Waals surface area contributed by atoms with E-state index >= 15 is 0 Å². The molecule has 0 unspecified atom stereocenters. The predicted octanol–water partition coefficient (Wildman–Crippen LogP) is 25.4. The lowest BCUT2D eigenvalue weighted by molar-refractivity contribution is 1.01. The Balaban J connectivity index is 0.000000144. The lowest BCUT2D eigenvalue weighted by Gasteiger charge is -2.34. The van der Waals surface area contributed by atoms with Crippen LogP contribution in [0.5, 0.6) is 0 Å². The zero-order valence-corrected chi connectivity index (χ0v) is 66.8. The number of rotatable bonds is 13. The van der Waals surface area contributed by atoms with Gasteiger partial charge in [0.1, 0.15) is 0 Å². The highest BCUT2D eigenvalue weighted by Crippen LogP contribution is 2.43. The summed E-state index contributed by atoms with van der Waals surface area (Å²) >= 11 is 0. The zero-order chi connectivity index (χ0) is 79.9. The van der Waals surface area contributed by atoms with Crippen LogP contribution in [-0.2, 0) is 0 Å². The molecule has 0 saturated carbocycles. The Morgan fingerprint density at radius 2 is 0.421 bits per heavy atom. The maximum absolute atomic E-state index is 5.59. The molecule has 0 aliphatic heterocycles. The van der Waals surface area contributed by atoms with E-state index in [1.807, 2.05) is 0 Å². The minimum atomic E-state index is -2.80. The number of fused-ring (bicyclic) bond motifs is 14. The van der Waals surface area contributed by atoms with Crippen LogP contribution < -0.4 is 20.7 Å². The molecule has 24 aromatic rings. The molecule has 6 heterocycles. The fourth-order valence-electron chi connectivity index (χ4n) is 19.0. The fraction of sp³-hybridized carbons (Fsp3) is 0. The summed E-state index contributed by atoms with van der Waals surface area (Å²) in [5.41, 5.74) is 24.1. The number of hydrogen-bond acceptors (Lipinski definition) is 4. The Kier molecular flexibility index (Phi) is 17.1. The molecule has 0 aliphatic rings. The first kappa shape index (κ1) is 70.5. The van der Waals surface area contributed by atoms with Crippen molar-refractivity contribution in [2.45, 2.75) is 0 Å². The van der Waals surface area contributed by atoms with Crippen molar-refractivity contribution >= 4 is 138 Å². The molecule has 0 bridgehead atoms. The van der Waals surface area contributed by atoms with E-state index in [1.165, 1.54) is 97.4 Å². The molecule has 0 spiro atoms. The highest BCUT2D eigenvalue weighted by molar-refractivity contribution is 7.20. The second-order valence-corrected chi connectivity index (χ2v) is 35.0. The van der Waals surface area contributed by atoms with Crippen molar-refractivity contribution in [1.82, 2.24) is 38.2 Å². The van der Waals surface area contributed by atoms with Gasteiger partial charge in [-0.05, 0) is 169 Å². The summed E-state index contributed by atoms with van der Waals surface area (Å²) in [6.45, 7) is 0. The standard InChI is InChI=1S/C62H42N4Si.C50H32N4/c1-5-21-46(22-6-1)65-57-34-17-14-30-51(57)54-41-43(36-38-59(54)65)44-37-39-60-55(42-44)52-31-15-18-35-58(52)66(60)62-63-56-33-16-13-32-53(56)61(64-62)45-20-19-29-50(40-45)67(47-23-7-2-8-24-47,48-25-9-3-10-26-48)49-27-11-4-12-28-49;1-3-14-33(15-4-1)34-16-13-17-37(30-34)49-41-22-7-10-23-44(41)51-50(52-49)54-46-25-12-9-21-40(46)43-32-36(27-29-48(43)54)35-26-28-47-42(31-35)39-20-8-11-24-45(39)53(47)38-18-5-2-6-19-38/h1-42H;1-32H. The van der Waals surface area contributed by atoms with Gasteiger partial charge in [-0.25, -0.2) is 19.9 Å². The normalized spacial score (nSPS) is 11.8. The van der Waals surface area contributed by atoms with Gasteiger partial charge in [0.25, 0.3) is 0 Å². The number of nitrogens with zero attached hydrogens (tertiary/aromatic N) is 8. The maximum Gasteiger partial charge on any atom is 0.235 e. The first-order chi connectivity index (χ1) is 60.0. The Morgan fingerprint density at radius 1 is 0.157 bits per heavy atom. The molecule has 8 nitrogen and oxygen atoms in total. The summed E-state index contributed by atoms with van der Waals surface area (Å²) in [5.74, 6) is 1.30. The molecule has 6 aromatic heterocycles. The molecule has 24 rings (SSSR count). The van der Waals surface area contributed by atoms with Crippen LogP contribution in [0.4, 0.5) is 0 Å². The second kappa shape index (κ2) is 29.3. The first-order valence-corrected chi connectivity index (χ1v) is 43.2. The van der Waals surface area contributed by atoms with Crippen LogP contribution in [0.1, 0.15) is 0 Å². The Morgan fingerprint density at radius 3 is 0.810 bits per heavy atom. The number of hydrogen-bond donors (Lipinski definition) is 0. The van der Waals surface area contributed by atoms with Crippen molar-refractivity contribution < 1.29 is 0 Å². The molecular formula is C112H74N8Si. The van der Waals surface area contributed by atoms with Crippen LogP contribution >= 0.6 is 0 Å². The topological polar surface area (TPSA) is 71.3 Å². The molecule has 0 saturated heterocycles. The predicted molar refractivity (Wildman–Crippen MR) is 507 cm³/mol. The van der Waals surface area contributed by atoms with Gasteiger partial charge in [0.05, 0.1) is 66.6 Å². The second-order valence-electron chi connectivity index (χ2n) is 31.2. The maximum atomic E-state index is 5.59. The van der Waals surface area contributed by atoms with Gasteiger partial charge < -0.3 is 9.13 Å². The van der Waals surface area contributed by atoms with E-state index < -0.39 is 8.07 Å². The van der Waals surface area contributed by atoms with Gasteiger partial charge in [0.15, 0.2) is 8.07 Å². The van der Waals surface area contributed by atoms with E-state index in [0.29, 0.717) is 11.9 Å². The summed E-state index contributed by atoms with van der Waals surface area (Å²) in [7, 11) is -2.80. The summed E-state index contributed by atoms with van der Waals surface area (Å²) < 4.78 is 9.21. The monoisotopic (exact) mass is 1560 g/mol. The van der Waals surface area contributed by atoms with Gasteiger partial charge in [-0.3, -0.25) is 9.13 Å². The summed E-state index contributed by atoms with van der Waals surface area (Å²) in [5, 5.41) is 16.9. The molecule has 566 valence electrons. The Hall–Kier alpha value is -15.9. The van der Waals surface area contributed by atoms with Gasteiger partial charge in [-0.2, -0.15) is 0 Å². The minimum absolute atomic E-state index is 0.644. The van der Waals surface area contributed by atoms with E-state index in [-0.39, 0.29) is 0 Å². The van der Waals surface area contributed by atoms with Gasteiger partial charge in [-0.15, -0.1) is 0 Å². The first-order valence-electron chi connectivity index (χ1n) is 41.2. The molecule has 0 aliphatic carbocycles. The summed E-state index contributed by atoms with van der Waals surface area (Å²) in [6, 6.07) is 162. The highest BCUT2D eigenvalue weighted by Gasteiger charge is 2.42. The SMILES string of the molecule is c1ccc(-c2cccc(-c3nc(-n4c5ccccc5c5cc(-c6ccc7c(c6)c6ccccc6n7-c6ccccc6)ccc54)nc4ccccc34)c2)cc1.c1ccc(-n2c3ccccc3c3cc(-c4ccc5c(c4)c4ccccc4n5-c4nc(-c5cccc([Si](c6ccccc6)(c6ccccc6)c6ccccc6)c5)c5ccccc5n4)ccc32)cc1. The van der Waals surface area contributed by atoms with E-state index in [2.05, 4.69) is 467 Å². The van der Waals surface area contributed by atoms with Crippen LogP contribution in [0, 0.1) is 0 Å². The summed E-state index contributed by atoms with van der Waals surface area (Å²) in [6.07, 6.45) is 0. The molecule has 0 amide bonds. The van der Waals surface area contributed by atoms with Gasteiger partial charge in [0, 0.05) is 76.4 Å². The van der Waals surface area contributed by atoms with Gasteiger partial charge in [0.2, 0.25) is 11.9 Å². The third-order valence-corrected chi connectivity index (χ3v) is 29.2. The van der Waals surface area contributed by atoms with E-state index in [0.717, 1.165) is 99.7 Å². The molecule has 0 fully saturated rings. The minimum Gasteiger partial charge on any atom is -0.309 e. The van der Waals surface area contributed by atoms with Crippen molar-refractivity contribution in [3.63, 3.8) is 0 Å². The van der Waals surface area contributed by atoms with Crippen molar-refractivity contribution in [2.75, 3.05) is 0 Å². The number of para-hydroxylation sites is 8. The van der Waals surface area contributed by atoms with Crippen LogP contribution in [-0.4, -0.2) is 46.3 Å². The molecular weight excluding hydrogens is 1490 g/mol. The van der Waals surface area contributed by atoms with Crippen molar-refractivity contribution in [2.24, 2.45) is 0 Å². The lowest BCUT2D eigenvalue weighted by Crippen LogP contribution is -2.74. The molecule has 9 heteroatoms. The average Bonchev–Trinajstić information content (AvgIpc) is 1.57. The quantitative estimate of drug-likeness (QED) is 0.0852. The lowest BCUT2D eigenvalue weighted by atomic mass is 10.00. The third kappa shape index (κ3) is 11.9. The van der Waals surface area contributed by atoms with Crippen LogP contribution in [0.25, 0.3) is 188 Å². The molecule has 0 radical (unpaired) electrons. The average molecular weight is 1560 g/mol. The van der Waals surface area contributed by atoms with Crippen molar-refractivity contribution in [3.8, 4) is 79.2 Å². The summed E-state index contributed by atoms with van der Waals surface area (Å²) in [4.78, 5) is 21.5. The van der Waals surface area contributed by atoms with Gasteiger partial charge >= 0.3 is 0 Å². The van der Waals surface area contributed by atoms with Crippen molar-refractivity contribution in [1.29, 1.82) is 0 Å². The van der Waals surface area contributed by atoms with Gasteiger partial charge in [-0.1, -0.05) is 334 Å². The van der Waals surface area contributed by atoms with Crippen LogP contribution in [0.15, 0.2) is 449 Å². The third-order valence-electron chi connectivity index (χ3n) is 24.4. The highest BCUT2D eigenvalue weighted by atomic mass is 28.3. The van der Waals surface area contributed by atoms with E-state index in [1.54, 1.807) is 0 Å². The van der Waals surface area contributed by atoms with Crippen LogP contribution in [0.3, 0.4) is 0 Å². The largest absolute Gasteiger partial charge is 0.309 e. The molecule has 121 heavy (non-hydrogen) atoms. The molecule has 18 aromatic carbocycles. The smallest absolute Gasteiger partial charge is 0.235 e. The van der Waals surface area contributed by atoms with E-state index in [9.17, 15) is 0 Å². The van der Waals surface area contributed by atoms with E-state index in [4.69, 9.17) is 19.9 Å². The zero-order valence-electron chi connectivity index (χ0n) is 65.8. The molecule has 0 N–H and O–H groups in total. The van der Waals surface area contributed by atoms with Crippen LogP contribution in [0.2, 0.25) is 0 Å². The number of benzene rings is 18. The van der Waals surface area contributed by atoms with Crippen molar-refractivity contribution in [3.05, 3.63) is 449 Å². The Bertz CT molecular complexity index is 8040. The Labute approximate surface area is 699 Å². The number of aromatic nitrogens is 8. The molecule has 0 atom stereocenters. The fourth-order valence-corrected chi connectivity index (χ4v) is 23.8.